The molecule has 1 aliphatic rings. The highest BCUT2D eigenvalue weighted by Gasteiger charge is 2.27. The maximum absolute atomic E-state index is 13.1. The Bertz CT molecular complexity index is 823. The van der Waals surface area contributed by atoms with Crippen LogP contribution in [0, 0.1) is 13.8 Å². The number of amides is 1. The fourth-order valence-electron chi connectivity index (χ4n) is 3.59. The highest BCUT2D eigenvalue weighted by atomic mass is 16.5. The topological polar surface area (TPSA) is 84.7 Å². The Hall–Kier alpha value is -2.67. The summed E-state index contributed by atoms with van der Waals surface area (Å²) >= 11 is 0. The van der Waals surface area contributed by atoms with Crippen molar-refractivity contribution in [2.75, 3.05) is 19.8 Å². The zero-order chi connectivity index (χ0) is 20.1. The number of carboxylic acid groups (broad SMARTS) is 1. The number of ether oxygens (including phenoxy) is 1. The van der Waals surface area contributed by atoms with Gasteiger partial charge in [-0.05, 0) is 50.5 Å². The van der Waals surface area contributed by atoms with Crippen LogP contribution in [0.5, 0.6) is 0 Å². The standard InChI is InChI=1S/C21H27N3O4/c1-15-13-16(2)24(22-15)14-17-3-5-18(6-4-17)21(27)23(10-7-20(25)26)19-8-11-28-12-9-19/h3-6,13,19H,7-12,14H2,1-2H3,(H,25,26). The third-order valence-electron chi connectivity index (χ3n) is 5.10. The van der Waals surface area contributed by atoms with Crippen LogP contribution < -0.4 is 0 Å². The molecule has 0 radical (unpaired) electrons. The van der Waals surface area contributed by atoms with Crippen molar-refractivity contribution in [2.24, 2.45) is 0 Å². The summed E-state index contributed by atoms with van der Waals surface area (Å²) < 4.78 is 7.32. The fourth-order valence-corrected chi connectivity index (χ4v) is 3.59. The number of rotatable bonds is 7. The summed E-state index contributed by atoms with van der Waals surface area (Å²) in [6.45, 7) is 6.05. The summed E-state index contributed by atoms with van der Waals surface area (Å²) in [6.07, 6.45) is 1.42. The van der Waals surface area contributed by atoms with Crippen molar-refractivity contribution in [1.29, 1.82) is 0 Å². The molecule has 7 nitrogen and oxygen atoms in total. The second-order valence-corrected chi connectivity index (χ2v) is 7.27. The average Bonchev–Trinajstić information content (AvgIpc) is 3.00. The molecule has 1 aliphatic heterocycles. The van der Waals surface area contributed by atoms with Crippen LogP contribution in [0.4, 0.5) is 0 Å². The van der Waals surface area contributed by atoms with Crippen molar-refractivity contribution in [1.82, 2.24) is 14.7 Å². The Morgan fingerprint density at radius 3 is 2.46 bits per heavy atom. The lowest BCUT2D eigenvalue weighted by Gasteiger charge is -2.34. The molecule has 0 saturated carbocycles. The van der Waals surface area contributed by atoms with Gasteiger partial charge in [-0.25, -0.2) is 0 Å². The molecular formula is C21H27N3O4. The van der Waals surface area contributed by atoms with E-state index in [1.807, 2.05) is 48.9 Å². The number of aryl methyl sites for hydroxylation is 2. The van der Waals surface area contributed by atoms with Crippen LogP contribution in [0.25, 0.3) is 0 Å². The van der Waals surface area contributed by atoms with E-state index in [2.05, 4.69) is 5.10 Å². The van der Waals surface area contributed by atoms with Crippen LogP contribution in [0.1, 0.15) is 46.6 Å². The highest BCUT2D eigenvalue weighted by Crippen LogP contribution is 2.19. The normalized spacial score (nSPS) is 14.8. The zero-order valence-electron chi connectivity index (χ0n) is 16.4. The first-order valence-electron chi connectivity index (χ1n) is 9.64. The molecule has 0 atom stereocenters. The van der Waals surface area contributed by atoms with Gasteiger partial charge in [0.25, 0.3) is 5.91 Å². The first-order valence-corrected chi connectivity index (χ1v) is 9.64. The average molecular weight is 385 g/mol. The lowest BCUT2D eigenvalue weighted by molar-refractivity contribution is -0.137. The van der Waals surface area contributed by atoms with E-state index in [0.717, 1.165) is 29.8 Å². The third-order valence-corrected chi connectivity index (χ3v) is 5.10. The van der Waals surface area contributed by atoms with Crippen molar-refractivity contribution >= 4 is 11.9 Å². The minimum Gasteiger partial charge on any atom is -0.481 e. The van der Waals surface area contributed by atoms with E-state index in [1.165, 1.54) is 0 Å². The maximum Gasteiger partial charge on any atom is 0.305 e. The number of hydrogen-bond acceptors (Lipinski definition) is 4. The molecule has 1 amide bonds. The van der Waals surface area contributed by atoms with Crippen molar-refractivity contribution < 1.29 is 19.4 Å². The summed E-state index contributed by atoms with van der Waals surface area (Å²) in [5.41, 5.74) is 3.71. The molecular weight excluding hydrogens is 358 g/mol. The van der Waals surface area contributed by atoms with Gasteiger partial charge in [-0.2, -0.15) is 5.10 Å². The molecule has 1 N–H and O–H groups in total. The molecule has 2 heterocycles. The van der Waals surface area contributed by atoms with Crippen LogP contribution in [0.15, 0.2) is 30.3 Å². The quantitative estimate of drug-likeness (QED) is 0.792. The Kier molecular flexibility index (Phi) is 6.46. The molecule has 0 spiro atoms. The minimum atomic E-state index is -0.898. The van der Waals surface area contributed by atoms with Gasteiger partial charge >= 0.3 is 5.97 Å². The molecule has 0 unspecified atom stereocenters. The third kappa shape index (κ3) is 4.98. The van der Waals surface area contributed by atoms with Gasteiger partial charge in [0.15, 0.2) is 0 Å². The minimum absolute atomic E-state index is 0.0231. The number of aliphatic carboxylic acids is 1. The molecule has 150 valence electrons. The number of carboxylic acids is 1. The van der Waals surface area contributed by atoms with E-state index in [1.54, 1.807) is 4.90 Å². The number of nitrogens with zero attached hydrogens (tertiary/aromatic N) is 3. The monoisotopic (exact) mass is 385 g/mol. The maximum atomic E-state index is 13.1. The predicted molar refractivity (Wildman–Crippen MR) is 104 cm³/mol. The highest BCUT2D eigenvalue weighted by molar-refractivity contribution is 5.94. The van der Waals surface area contributed by atoms with Crippen molar-refractivity contribution in [3.8, 4) is 0 Å². The number of hydrogen-bond donors (Lipinski definition) is 1. The summed E-state index contributed by atoms with van der Waals surface area (Å²) in [6, 6.07) is 9.56. The van der Waals surface area contributed by atoms with Gasteiger partial charge in [-0.1, -0.05) is 12.1 Å². The molecule has 1 saturated heterocycles. The van der Waals surface area contributed by atoms with E-state index in [4.69, 9.17) is 9.84 Å². The summed E-state index contributed by atoms with van der Waals surface area (Å²) in [4.78, 5) is 25.8. The van der Waals surface area contributed by atoms with Gasteiger partial charge in [0.1, 0.15) is 0 Å². The molecule has 0 aliphatic carbocycles. The van der Waals surface area contributed by atoms with Gasteiger partial charge in [-0.3, -0.25) is 14.3 Å². The fraction of sp³-hybridized carbons (Fsp3) is 0.476. The van der Waals surface area contributed by atoms with Crippen LogP contribution in [-0.2, 0) is 16.1 Å². The van der Waals surface area contributed by atoms with E-state index in [9.17, 15) is 9.59 Å². The smallest absolute Gasteiger partial charge is 0.305 e. The second kappa shape index (κ2) is 9.01. The Morgan fingerprint density at radius 1 is 1.21 bits per heavy atom. The molecule has 1 aromatic heterocycles. The van der Waals surface area contributed by atoms with Crippen LogP contribution in [0.2, 0.25) is 0 Å². The van der Waals surface area contributed by atoms with Gasteiger partial charge in [0.2, 0.25) is 0 Å². The summed E-state index contributed by atoms with van der Waals surface area (Å²) in [5, 5.41) is 13.5. The predicted octanol–water partition coefficient (Wildman–Crippen LogP) is 2.64. The summed E-state index contributed by atoms with van der Waals surface area (Å²) in [7, 11) is 0. The van der Waals surface area contributed by atoms with Gasteiger partial charge in [0, 0.05) is 37.1 Å². The first-order chi connectivity index (χ1) is 13.4. The molecule has 3 rings (SSSR count). The first kappa shape index (κ1) is 20.1. The van der Waals surface area contributed by atoms with Crippen molar-refractivity contribution in [2.45, 2.75) is 45.7 Å². The van der Waals surface area contributed by atoms with E-state index >= 15 is 0 Å². The molecule has 0 bridgehead atoms. The number of carbonyl (C=O) groups excluding carboxylic acids is 1. The van der Waals surface area contributed by atoms with Crippen LogP contribution in [-0.4, -0.2) is 57.5 Å². The second-order valence-electron chi connectivity index (χ2n) is 7.27. The molecule has 28 heavy (non-hydrogen) atoms. The number of carbonyl (C=O) groups is 2. The molecule has 7 heteroatoms. The van der Waals surface area contributed by atoms with Gasteiger partial charge in [0.05, 0.1) is 18.7 Å². The largest absolute Gasteiger partial charge is 0.481 e. The molecule has 1 aromatic carbocycles. The van der Waals surface area contributed by atoms with Crippen molar-refractivity contribution in [3.63, 3.8) is 0 Å². The van der Waals surface area contributed by atoms with E-state index < -0.39 is 5.97 Å². The Balaban J connectivity index is 1.72. The van der Waals surface area contributed by atoms with Crippen LogP contribution >= 0.6 is 0 Å². The van der Waals surface area contributed by atoms with E-state index in [0.29, 0.717) is 25.3 Å². The van der Waals surface area contributed by atoms with E-state index in [-0.39, 0.29) is 24.9 Å². The molecule has 1 fully saturated rings. The zero-order valence-corrected chi connectivity index (χ0v) is 16.4. The molecule has 2 aromatic rings. The lowest BCUT2D eigenvalue weighted by atomic mass is 10.0. The Labute approximate surface area is 164 Å². The number of benzene rings is 1. The van der Waals surface area contributed by atoms with Gasteiger partial charge in [-0.15, -0.1) is 0 Å². The lowest BCUT2D eigenvalue weighted by Crippen LogP contribution is -2.44. The number of aromatic nitrogens is 2. The van der Waals surface area contributed by atoms with Crippen LogP contribution in [0.3, 0.4) is 0 Å². The SMILES string of the molecule is Cc1cc(C)n(Cc2ccc(C(=O)N(CCC(=O)O)C3CCOCC3)cc2)n1. The van der Waals surface area contributed by atoms with Crippen molar-refractivity contribution in [3.05, 3.63) is 52.8 Å². The Morgan fingerprint density at radius 2 is 1.89 bits per heavy atom. The summed E-state index contributed by atoms with van der Waals surface area (Å²) in [5.74, 6) is -1.02. The van der Waals surface area contributed by atoms with Gasteiger partial charge < -0.3 is 14.7 Å².